The van der Waals surface area contributed by atoms with Gasteiger partial charge in [0.2, 0.25) is 0 Å². The summed E-state index contributed by atoms with van der Waals surface area (Å²) in [7, 11) is 1.43. The Morgan fingerprint density at radius 3 is 1.98 bits per heavy atom. The summed E-state index contributed by atoms with van der Waals surface area (Å²) < 4.78 is 6.40. The molecule has 4 aromatic rings. The minimum atomic E-state index is -0.248. The zero-order valence-electron chi connectivity index (χ0n) is 30.2. The molecule has 5 rings (SSSR count). The van der Waals surface area contributed by atoms with Crippen LogP contribution in [0.2, 0.25) is 10.0 Å². The molecule has 0 bridgehead atoms. The third-order valence-electron chi connectivity index (χ3n) is 9.55. The standard InChI is InChI=1S/C41H49Cl2N5O4/c1-29-38(41(51)46-47-26-12-9-13-27-47)45-48(36-24-23-34(42)28-35(36)43)39(29)32-19-15-30(16-20-32)31-17-21-33(22-18-31)40(50)44-25-11-8-6-4-3-5-7-10-14-37(49)52-2/h15-24,28H,3-14,25-27H2,1-2H3,(H,44,50)(H,46,51). The first-order chi connectivity index (χ1) is 25.2. The molecular formula is C41H49Cl2N5O4. The summed E-state index contributed by atoms with van der Waals surface area (Å²) in [5.74, 6) is -0.452. The second kappa shape index (κ2) is 19.6. The highest BCUT2D eigenvalue weighted by Gasteiger charge is 2.25. The van der Waals surface area contributed by atoms with Gasteiger partial charge in [-0.2, -0.15) is 5.10 Å². The van der Waals surface area contributed by atoms with E-state index in [1.807, 2.05) is 60.5 Å². The molecule has 9 nitrogen and oxygen atoms in total. The second-order valence-corrected chi connectivity index (χ2v) is 14.2. The Morgan fingerprint density at radius 1 is 0.750 bits per heavy atom. The molecule has 0 saturated carbocycles. The van der Waals surface area contributed by atoms with Gasteiger partial charge in [0.05, 0.1) is 23.5 Å². The average Bonchev–Trinajstić information content (AvgIpc) is 3.50. The van der Waals surface area contributed by atoms with Crippen molar-refractivity contribution < 1.29 is 19.1 Å². The predicted molar refractivity (Wildman–Crippen MR) is 208 cm³/mol. The number of rotatable bonds is 17. The molecule has 3 aromatic carbocycles. The number of hydrogen-bond acceptors (Lipinski definition) is 6. The maximum atomic E-state index is 13.5. The highest BCUT2D eigenvalue weighted by molar-refractivity contribution is 6.35. The lowest BCUT2D eigenvalue weighted by Gasteiger charge is -2.26. The van der Waals surface area contributed by atoms with E-state index in [1.165, 1.54) is 26.4 Å². The lowest BCUT2D eigenvalue weighted by molar-refractivity contribution is -0.140. The van der Waals surface area contributed by atoms with E-state index in [4.69, 9.17) is 28.3 Å². The summed E-state index contributed by atoms with van der Waals surface area (Å²) in [6.45, 7) is 4.20. The first-order valence-electron chi connectivity index (χ1n) is 18.4. The van der Waals surface area contributed by atoms with Crippen LogP contribution < -0.4 is 10.7 Å². The Balaban J connectivity index is 1.18. The number of hydrogen-bond donors (Lipinski definition) is 2. The van der Waals surface area contributed by atoms with E-state index in [0.29, 0.717) is 40.0 Å². The van der Waals surface area contributed by atoms with E-state index in [9.17, 15) is 14.4 Å². The summed E-state index contributed by atoms with van der Waals surface area (Å²) >= 11 is 12.9. The van der Waals surface area contributed by atoms with E-state index >= 15 is 0 Å². The number of amides is 2. The number of esters is 1. The highest BCUT2D eigenvalue weighted by atomic mass is 35.5. The largest absolute Gasteiger partial charge is 0.469 e. The molecule has 11 heteroatoms. The quantitative estimate of drug-likeness (QED) is 0.0825. The molecule has 0 unspecified atom stereocenters. The van der Waals surface area contributed by atoms with Crippen LogP contribution in [0.3, 0.4) is 0 Å². The van der Waals surface area contributed by atoms with Crippen molar-refractivity contribution >= 4 is 41.0 Å². The minimum absolute atomic E-state index is 0.0720. The SMILES string of the molecule is COC(=O)CCCCCCCCCCNC(=O)c1ccc(-c2ccc(-c3c(C)c(C(=O)NN4CCCCC4)nn3-c3ccc(Cl)cc3Cl)cc2)cc1. The Morgan fingerprint density at radius 2 is 1.35 bits per heavy atom. The topological polar surface area (TPSA) is 106 Å². The number of ether oxygens (including phenoxy) is 1. The van der Waals surface area contributed by atoms with Crippen molar-refractivity contribution in [1.29, 1.82) is 0 Å². The van der Waals surface area contributed by atoms with Crippen LogP contribution in [0.4, 0.5) is 0 Å². The van der Waals surface area contributed by atoms with Crippen LogP contribution in [-0.4, -0.2) is 59.3 Å². The number of hydrazine groups is 1. The number of piperidine rings is 1. The number of nitrogens with zero attached hydrogens (tertiary/aromatic N) is 3. The number of halogens is 2. The molecular weight excluding hydrogens is 697 g/mol. The van der Waals surface area contributed by atoms with E-state index < -0.39 is 0 Å². The third-order valence-corrected chi connectivity index (χ3v) is 10.1. The van der Waals surface area contributed by atoms with Crippen LogP contribution in [0.25, 0.3) is 28.1 Å². The first kappa shape index (κ1) is 39.0. The molecule has 1 saturated heterocycles. The zero-order chi connectivity index (χ0) is 36.9. The van der Waals surface area contributed by atoms with Crippen molar-refractivity contribution in [2.75, 3.05) is 26.7 Å². The van der Waals surface area contributed by atoms with Crippen molar-refractivity contribution in [2.24, 2.45) is 0 Å². The van der Waals surface area contributed by atoms with Crippen LogP contribution in [0, 0.1) is 6.92 Å². The van der Waals surface area contributed by atoms with Gasteiger partial charge in [0.15, 0.2) is 5.69 Å². The number of methoxy groups -OCH3 is 1. The first-order valence-corrected chi connectivity index (χ1v) is 19.2. The molecule has 0 radical (unpaired) electrons. The van der Waals surface area contributed by atoms with Gasteiger partial charge in [0, 0.05) is 47.8 Å². The summed E-state index contributed by atoms with van der Waals surface area (Å²) in [5, 5.41) is 10.7. The Labute approximate surface area is 317 Å². The van der Waals surface area contributed by atoms with Gasteiger partial charge in [-0.3, -0.25) is 19.8 Å². The molecule has 1 aliphatic heterocycles. The van der Waals surface area contributed by atoms with Crippen LogP contribution in [0.1, 0.15) is 103 Å². The van der Waals surface area contributed by atoms with Gasteiger partial charge >= 0.3 is 5.97 Å². The van der Waals surface area contributed by atoms with Gasteiger partial charge in [-0.1, -0.05) is 105 Å². The fraction of sp³-hybridized carbons (Fsp3) is 0.415. The number of nitrogens with one attached hydrogen (secondary N) is 2. The zero-order valence-corrected chi connectivity index (χ0v) is 31.7. The fourth-order valence-corrected chi connectivity index (χ4v) is 7.06. The summed E-state index contributed by atoms with van der Waals surface area (Å²) in [4.78, 5) is 37.4. The van der Waals surface area contributed by atoms with Gasteiger partial charge < -0.3 is 10.1 Å². The van der Waals surface area contributed by atoms with Crippen LogP contribution in [-0.2, 0) is 9.53 Å². The van der Waals surface area contributed by atoms with Gasteiger partial charge in [-0.05, 0) is 74.1 Å². The molecule has 0 aliphatic carbocycles. The van der Waals surface area contributed by atoms with Crippen LogP contribution >= 0.6 is 23.2 Å². The van der Waals surface area contributed by atoms with Crippen molar-refractivity contribution in [3.05, 3.63) is 93.6 Å². The monoisotopic (exact) mass is 745 g/mol. The minimum Gasteiger partial charge on any atom is -0.469 e. The summed E-state index contributed by atoms with van der Waals surface area (Å²) in [6.07, 6.45) is 12.4. The number of benzene rings is 3. The second-order valence-electron chi connectivity index (χ2n) is 13.4. The van der Waals surface area contributed by atoms with Gasteiger partial charge in [0.25, 0.3) is 11.8 Å². The molecule has 2 N–H and O–H groups in total. The van der Waals surface area contributed by atoms with Crippen molar-refractivity contribution in [2.45, 2.75) is 84.0 Å². The van der Waals surface area contributed by atoms with Gasteiger partial charge in [-0.15, -0.1) is 0 Å². The van der Waals surface area contributed by atoms with E-state index in [-0.39, 0.29) is 17.8 Å². The number of carbonyl (C=O) groups is 3. The molecule has 276 valence electrons. The molecule has 0 spiro atoms. The normalized spacial score (nSPS) is 13.2. The van der Waals surface area contributed by atoms with E-state index in [1.54, 1.807) is 22.9 Å². The molecule has 0 atom stereocenters. The van der Waals surface area contributed by atoms with E-state index in [0.717, 1.165) is 92.4 Å². The maximum Gasteiger partial charge on any atom is 0.305 e. The Bertz CT molecular complexity index is 1800. The lowest BCUT2D eigenvalue weighted by Crippen LogP contribution is -2.45. The number of unbranched alkanes of at least 4 members (excludes halogenated alkanes) is 7. The van der Waals surface area contributed by atoms with Crippen LogP contribution in [0.15, 0.2) is 66.7 Å². The molecule has 1 aliphatic rings. The predicted octanol–water partition coefficient (Wildman–Crippen LogP) is 9.37. The van der Waals surface area contributed by atoms with Crippen molar-refractivity contribution in [3.63, 3.8) is 0 Å². The molecule has 2 amide bonds. The molecule has 1 aromatic heterocycles. The number of aromatic nitrogens is 2. The lowest BCUT2D eigenvalue weighted by atomic mass is 10.00. The van der Waals surface area contributed by atoms with Gasteiger partial charge in [0.1, 0.15) is 0 Å². The Hall–Kier alpha value is -4.18. The molecule has 1 fully saturated rings. The van der Waals surface area contributed by atoms with Crippen molar-refractivity contribution in [3.8, 4) is 28.1 Å². The smallest absolute Gasteiger partial charge is 0.305 e. The maximum absolute atomic E-state index is 13.5. The molecule has 2 heterocycles. The molecule has 52 heavy (non-hydrogen) atoms. The van der Waals surface area contributed by atoms with E-state index in [2.05, 4.69) is 15.5 Å². The Kier molecular flexibility index (Phi) is 14.7. The fourth-order valence-electron chi connectivity index (χ4n) is 6.58. The summed E-state index contributed by atoms with van der Waals surface area (Å²) in [6, 6.07) is 20.9. The summed E-state index contributed by atoms with van der Waals surface area (Å²) in [5.41, 5.74) is 9.00. The average molecular weight is 747 g/mol. The van der Waals surface area contributed by atoms with Gasteiger partial charge in [-0.25, -0.2) is 9.69 Å². The highest BCUT2D eigenvalue weighted by Crippen LogP contribution is 2.34. The third kappa shape index (κ3) is 10.7. The van der Waals surface area contributed by atoms with Crippen LogP contribution in [0.5, 0.6) is 0 Å². The van der Waals surface area contributed by atoms with Crippen molar-refractivity contribution in [1.82, 2.24) is 25.5 Å². The number of carbonyl (C=O) groups excluding carboxylic acids is 3.